The Bertz CT molecular complexity index is 396. The summed E-state index contributed by atoms with van der Waals surface area (Å²) in [6.45, 7) is 0. The molecule has 0 fully saturated rings. The summed E-state index contributed by atoms with van der Waals surface area (Å²) < 4.78 is 5.03. The molecule has 0 aromatic heterocycles. The second-order valence-corrected chi connectivity index (χ2v) is 3.77. The quantitative estimate of drug-likeness (QED) is 0.717. The number of phenolic OH excluding ortho intramolecular Hbond substituents is 1. The van der Waals surface area contributed by atoms with Crippen LogP contribution >= 0.6 is 0 Å². The van der Waals surface area contributed by atoms with Crippen molar-refractivity contribution < 1.29 is 14.6 Å². The maximum absolute atomic E-state index is 11.7. The number of phenols is 1. The molecule has 0 spiro atoms. The zero-order chi connectivity index (χ0) is 10.8. The zero-order valence-corrected chi connectivity index (χ0v) is 8.75. The van der Waals surface area contributed by atoms with E-state index in [1.807, 2.05) is 0 Å². The van der Waals surface area contributed by atoms with Gasteiger partial charge in [-0.1, -0.05) is 0 Å². The first-order valence-corrected chi connectivity index (χ1v) is 5.16. The molecule has 1 aromatic carbocycles. The van der Waals surface area contributed by atoms with Crippen molar-refractivity contribution in [2.24, 2.45) is 0 Å². The third kappa shape index (κ3) is 1.69. The summed E-state index contributed by atoms with van der Waals surface area (Å²) in [5, 5.41) is 9.90. The molecule has 1 aliphatic carbocycles. The molecule has 3 heteroatoms. The highest BCUT2D eigenvalue weighted by molar-refractivity contribution is 5.98. The molecule has 80 valence electrons. The average Bonchev–Trinajstić information content (AvgIpc) is 2.42. The highest BCUT2D eigenvalue weighted by Crippen LogP contribution is 2.35. The molecule has 0 saturated heterocycles. The highest BCUT2D eigenvalue weighted by atomic mass is 16.5. The van der Waals surface area contributed by atoms with Crippen molar-refractivity contribution in [1.82, 2.24) is 0 Å². The molecule has 0 radical (unpaired) electrons. The highest BCUT2D eigenvalue weighted by Gasteiger charge is 2.20. The van der Waals surface area contributed by atoms with Gasteiger partial charge in [0.15, 0.2) is 17.3 Å². The van der Waals surface area contributed by atoms with Crippen molar-refractivity contribution in [2.45, 2.75) is 25.7 Å². The Morgan fingerprint density at radius 2 is 2.00 bits per heavy atom. The van der Waals surface area contributed by atoms with E-state index in [2.05, 4.69) is 0 Å². The van der Waals surface area contributed by atoms with Gasteiger partial charge in [0.2, 0.25) is 0 Å². The van der Waals surface area contributed by atoms with Gasteiger partial charge in [0.1, 0.15) is 0 Å². The van der Waals surface area contributed by atoms with Gasteiger partial charge >= 0.3 is 0 Å². The van der Waals surface area contributed by atoms with Gasteiger partial charge in [-0.05, 0) is 31.4 Å². The Balaban J connectivity index is 2.55. The minimum atomic E-state index is 0.125. The minimum Gasteiger partial charge on any atom is -0.504 e. The fourth-order valence-electron chi connectivity index (χ4n) is 2.02. The standard InChI is InChI=1S/C12H14O3/c1-15-11-7-6-8-9(12(11)14)4-2-3-5-10(8)13/h6-7,14H,2-5H2,1H3. The number of carbonyl (C=O) groups excluding carboxylic acids is 1. The van der Waals surface area contributed by atoms with Crippen LogP contribution in [0.15, 0.2) is 12.1 Å². The van der Waals surface area contributed by atoms with Crippen LogP contribution in [0.4, 0.5) is 0 Å². The third-order valence-corrected chi connectivity index (χ3v) is 2.85. The Kier molecular flexibility index (Phi) is 2.62. The molecule has 1 N–H and O–H groups in total. The first-order chi connectivity index (χ1) is 7.24. The average molecular weight is 206 g/mol. The van der Waals surface area contributed by atoms with Crippen LogP contribution in [0, 0.1) is 0 Å². The lowest BCUT2D eigenvalue weighted by atomic mass is 10.0. The van der Waals surface area contributed by atoms with Gasteiger partial charge in [-0.15, -0.1) is 0 Å². The third-order valence-electron chi connectivity index (χ3n) is 2.85. The number of ketones is 1. The van der Waals surface area contributed by atoms with Crippen LogP contribution in [0.5, 0.6) is 11.5 Å². The van der Waals surface area contributed by atoms with E-state index in [9.17, 15) is 9.90 Å². The molecule has 15 heavy (non-hydrogen) atoms. The molecule has 1 aliphatic rings. The van der Waals surface area contributed by atoms with Crippen LogP contribution in [0.3, 0.4) is 0 Å². The number of fused-ring (bicyclic) bond motifs is 1. The van der Waals surface area contributed by atoms with E-state index in [1.54, 1.807) is 12.1 Å². The van der Waals surface area contributed by atoms with Gasteiger partial charge in [-0.3, -0.25) is 4.79 Å². The maximum Gasteiger partial charge on any atom is 0.163 e. The summed E-state index contributed by atoms with van der Waals surface area (Å²) in [6.07, 6.45) is 3.18. The number of hydrogen-bond donors (Lipinski definition) is 1. The Hall–Kier alpha value is -1.51. The lowest BCUT2D eigenvalue weighted by molar-refractivity contribution is 0.0981. The molecule has 0 heterocycles. The number of aromatic hydroxyl groups is 1. The van der Waals surface area contributed by atoms with E-state index < -0.39 is 0 Å². The number of hydrogen-bond acceptors (Lipinski definition) is 3. The van der Waals surface area contributed by atoms with E-state index in [1.165, 1.54) is 7.11 Å². The van der Waals surface area contributed by atoms with E-state index in [0.29, 0.717) is 17.7 Å². The van der Waals surface area contributed by atoms with Crippen molar-refractivity contribution in [3.05, 3.63) is 23.3 Å². The monoisotopic (exact) mass is 206 g/mol. The predicted octanol–water partition coefficient (Wildman–Crippen LogP) is 2.31. The number of Topliss-reactive ketones (excluding diaryl/α,β-unsaturated/α-hetero) is 1. The van der Waals surface area contributed by atoms with Crippen LogP contribution < -0.4 is 4.74 Å². The van der Waals surface area contributed by atoms with Gasteiger partial charge in [0.25, 0.3) is 0 Å². The Labute approximate surface area is 88.7 Å². The van der Waals surface area contributed by atoms with Gasteiger partial charge in [0, 0.05) is 17.5 Å². The van der Waals surface area contributed by atoms with Crippen molar-refractivity contribution >= 4 is 5.78 Å². The van der Waals surface area contributed by atoms with Crippen molar-refractivity contribution in [3.63, 3.8) is 0 Å². The lowest BCUT2D eigenvalue weighted by Crippen LogP contribution is -2.01. The number of rotatable bonds is 1. The zero-order valence-electron chi connectivity index (χ0n) is 8.75. The first kappa shape index (κ1) is 10.0. The predicted molar refractivity (Wildman–Crippen MR) is 56.5 cm³/mol. The summed E-state index contributed by atoms with van der Waals surface area (Å²) in [6, 6.07) is 3.40. The van der Waals surface area contributed by atoms with Gasteiger partial charge in [0.05, 0.1) is 7.11 Å². The number of methoxy groups -OCH3 is 1. The molecule has 0 unspecified atom stereocenters. The summed E-state index contributed by atoms with van der Waals surface area (Å²) in [5.41, 5.74) is 1.41. The molecular weight excluding hydrogens is 192 g/mol. The van der Waals surface area contributed by atoms with E-state index >= 15 is 0 Å². The fraction of sp³-hybridized carbons (Fsp3) is 0.417. The number of benzene rings is 1. The summed E-state index contributed by atoms with van der Waals surface area (Å²) in [4.78, 5) is 11.7. The van der Waals surface area contributed by atoms with Crippen LogP contribution in [-0.2, 0) is 6.42 Å². The summed E-state index contributed by atoms with van der Waals surface area (Å²) in [7, 11) is 1.51. The summed E-state index contributed by atoms with van der Waals surface area (Å²) >= 11 is 0. The molecule has 0 atom stereocenters. The number of ether oxygens (including phenoxy) is 1. The molecule has 0 bridgehead atoms. The second-order valence-electron chi connectivity index (χ2n) is 3.77. The molecule has 0 amide bonds. The van der Waals surface area contributed by atoms with E-state index in [-0.39, 0.29) is 11.5 Å². The Morgan fingerprint density at radius 1 is 1.27 bits per heavy atom. The Morgan fingerprint density at radius 3 is 2.73 bits per heavy atom. The number of carbonyl (C=O) groups is 1. The van der Waals surface area contributed by atoms with Crippen LogP contribution in [0.25, 0.3) is 0 Å². The molecule has 1 aromatic rings. The molecule has 3 nitrogen and oxygen atoms in total. The summed E-state index contributed by atoms with van der Waals surface area (Å²) in [5.74, 6) is 0.703. The first-order valence-electron chi connectivity index (χ1n) is 5.16. The lowest BCUT2D eigenvalue weighted by Gasteiger charge is -2.10. The van der Waals surface area contributed by atoms with Gasteiger partial charge in [-0.2, -0.15) is 0 Å². The fourth-order valence-corrected chi connectivity index (χ4v) is 2.02. The van der Waals surface area contributed by atoms with Gasteiger partial charge < -0.3 is 9.84 Å². The minimum absolute atomic E-state index is 0.125. The van der Waals surface area contributed by atoms with Crippen molar-refractivity contribution in [3.8, 4) is 11.5 Å². The molecule has 2 rings (SSSR count). The van der Waals surface area contributed by atoms with E-state index in [4.69, 9.17) is 4.74 Å². The SMILES string of the molecule is COc1ccc2c(c1O)CCCCC2=O. The molecular formula is C12H14O3. The van der Waals surface area contributed by atoms with Gasteiger partial charge in [-0.25, -0.2) is 0 Å². The smallest absolute Gasteiger partial charge is 0.163 e. The van der Waals surface area contributed by atoms with Crippen LogP contribution in [-0.4, -0.2) is 18.0 Å². The van der Waals surface area contributed by atoms with Crippen LogP contribution in [0.2, 0.25) is 0 Å². The molecule has 0 aliphatic heterocycles. The normalized spacial score (nSPS) is 15.7. The topological polar surface area (TPSA) is 46.5 Å². The van der Waals surface area contributed by atoms with Crippen LogP contribution in [0.1, 0.15) is 35.2 Å². The van der Waals surface area contributed by atoms with Crippen molar-refractivity contribution in [2.75, 3.05) is 7.11 Å². The largest absolute Gasteiger partial charge is 0.504 e. The maximum atomic E-state index is 11.7. The van der Waals surface area contributed by atoms with E-state index in [0.717, 1.165) is 24.8 Å². The second kappa shape index (κ2) is 3.93. The van der Waals surface area contributed by atoms with Crippen molar-refractivity contribution in [1.29, 1.82) is 0 Å². The molecule has 0 saturated carbocycles.